The molecule has 0 aliphatic carbocycles. The van der Waals surface area contributed by atoms with Crippen molar-refractivity contribution >= 4 is 22.9 Å². The van der Waals surface area contributed by atoms with Gasteiger partial charge in [0.05, 0.1) is 10.7 Å². The van der Waals surface area contributed by atoms with Crippen molar-refractivity contribution in [3.05, 3.63) is 44.9 Å². The highest BCUT2D eigenvalue weighted by Crippen LogP contribution is 2.25. The predicted octanol–water partition coefficient (Wildman–Crippen LogP) is 3.57. The lowest BCUT2D eigenvalue weighted by atomic mass is 10.1. The smallest absolute Gasteiger partial charge is 0.131 e. The summed E-state index contributed by atoms with van der Waals surface area (Å²) in [7, 11) is 0. The van der Waals surface area contributed by atoms with Crippen LogP contribution in [-0.4, -0.2) is 11.0 Å². The van der Waals surface area contributed by atoms with Gasteiger partial charge in [0.15, 0.2) is 0 Å². The van der Waals surface area contributed by atoms with Crippen LogP contribution in [0.1, 0.15) is 23.2 Å². The number of aromatic nitrogens is 1. The second-order valence-corrected chi connectivity index (χ2v) is 6.08. The molecule has 1 heterocycles. The minimum Gasteiger partial charge on any atom is -0.487 e. The summed E-state index contributed by atoms with van der Waals surface area (Å²) in [6, 6.07) is 5.70. The van der Waals surface area contributed by atoms with Crippen LogP contribution in [0.25, 0.3) is 0 Å². The van der Waals surface area contributed by atoms with Gasteiger partial charge in [-0.1, -0.05) is 11.6 Å². The van der Waals surface area contributed by atoms with Gasteiger partial charge in [-0.15, -0.1) is 11.3 Å². The van der Waals surface area contributed by atoms with E-state index in [9.17, 15) is 0 Å². The Morgan fingerprint density at radius 2 is 2.26 bits per heavy atom. The number of nitrogens with zero attached hydrogens (tertiary/aromatic N) is 1. The van der Waals surface area contributed by atoms with Crippen LogP contribution in [-0.2, 0) is 13.0 Å². The Morgan fingerprint density at radius 1 is 1.47 bits per heavy atom. The fraction of sp³-hybridized carbons (Fsp3) is 0.357. The fourth-order valence-corrected chi connectivity index (χ4v) is 2.61. The molecule has 0 bridgehead atoms. The van der Waals surface area contributed by atoms with Crippen molar-refractivity contribution in [2.75, 3.05) is 0 Å². The topological polar surface area (TPSA) is 48.1 Å². The molecule has 2 rings (SSSR count). The lowest BCUT2D eigenvalue weighted by Crippen LogP contribution is -2.18. The number of hydrogen-bond acceptors (Lipinski definition) is 4. The summed E-state index contributed by atoms with van der Waals surface area (Å²) in [5, 5.41) is 3.76. The van der Waals surface area contributed by atoms with Crippen LogP contribution >= 0.6 is 22.9 Å². The molecule has 0 radical (unpaired) electrons. The van der Waals surface area contributed by atoms with Gasteiger partial charge in [0.25, 0.3) is 0 Å². The fourth-order valence-electron chi connectivity index (χ4n) is 1.82. The third-order valence-corrected chi connectivity index (χ3v) is 3.66. The summed E-state index contributed by atoms with van der Waals surface area (Å²) in [6.07, 6.45) is 0.742. The van der Waals surface area contributed by atoms with E-state index >= 15 is 0 Å². The van der Waals surface area contributed by atoms with Crippen molar-refractivity contribution in [1.82, 2.24) is 4.98 Å². The first-order valence-corrected chi connectivity index (χ1v) is 7.38. The highest BCUT2D eigenvalue weighted by atomic mass is 35.5. The quantitative estimate of drug-likeness (QED) is 0.917. The molecular weight excluding hydrogens is 280 g/mol. The Morgan fingerprint density at radius 3 is 2.89 bits per heavy atom. The number of thiazole rings is 1. The molecular formula is C14H17ClN2OS. The van der Waals surface area contributed by atoms with E-state index in [0.717, 1.165) is 28.4 Å². The minimum atomic E-state index is 0.0716. The lowest BCUT2D eigenvalue weighted by molar-refractivity contribution is 0.298. The molecule has 2 aromatic rings. The molecule has 0 saturated carbocycles. The Hall–Kier alpha value is -1.10. The molecule has 0 spiro atoms. The molecule has 19 heavy (non-hydrogen) atoms. The molecule has 3 nitrogen and oxygen atoms in total. The first-order valence-electron chi connectivity index (χ1n) is 6.12. The number of hydrogen-bond donors (Lipinski definition) is 1. The third-order valence-electron chi connectivity index (χ3n) is 2.61. The number of benzene rings is 1. The van der Waals surface area contributed by atoms with Crippen LogP contribution < -0.4 is 10.5 Å². The van der Waals surface area contributed by atoms with E-state index < -0.39 is 0 Å². The van der Waals surface area contributed by atoms with Gasteiger partial charge in [-0.3, -0.25) is 0 Å². The van der Waals surface area contributed by atoms with Crippen molar-refractivity contribution in [2.24, 2.45) is 5.73 Å². The maximum Gasteiger partial charge on any atom is 0.131 e. The molecule has 0 aliphatic heterocycles. The predicted molar refractivity (Wildman–Crippen MR) is 80.0 cm³/mol. The zero-order valence-corrected chi connectivity index (χ0v) is 12.6. The number of nitrogens with two attached hydrogens (primary N) is 1. The molecule has 102 valence electrons. The summed E-state index contributed by atoms with van der Waals surface area (Å²) >= 11 is 7.64. The van der Waals surface area contributed by atoms with Gasteiger partial charge >= 0.3 is 0 Å². The summed E-state index contributed by atoms with van der Waals surface area (Å²) in [4.78, 5) is 4.38. The standard InChI is InChI=1S/C14H17ClN2OS/c1-9(16)5-11-6-12(15)3-4-14(11)18-7-13-8-19-10(2)17-13/h3-4,6,8-9H,5,7,16H2,1-2H3. The second kappa shape index (κ2) is 6.37. The van der Waals surface area contributed by atoms with Crippen LogP contribution in [0.5, 0.6) is 5.75 Å². The van der Waals surface area contributed by atoms with Crippen molar-refractivity contribution in [1.29, 1.82) is 0 Å². The summed E-state index contributed by atoms with van der Waals surface area (Å²) in [5.74, 6) is 0.826. The van der Waals surface area contributed by atoms with E-state index in [2.05, 4.69) is 4.98 Å². The Bertz CT molecular complexity index is 554. The van der Waals surface area contributed by atoms with E-state index in [1.807, 2.05) is 37.4 Å². The average Bonchev–Trinajstić information content (AvgIpc) is 2.73. The Kier molecular flexibility index (Phi) is 4.80. The first kappa shape index (κ1) is 14.3. The van der Waals surface area contributed by atoms with Gasteiger partial charge in [0.1, 0.15) is 12.4 Å². The number of halogens is 1. The highest BCUT2D eigenvalue weighted by molar-refractivity contribution is 7.09. The molecule has 0 saturated heterocycles. The maximum absolute atomic E-state index is 6.01. The maximum atomic E-state index is 6.01. The molecule has 2 N–H and O–H groups in total. The molecule has 1 unspecified atom stereocenters. The van der Waals surface area contributed by atoms with Gasteiger partial charge < -0.3 is 10.5 Å². The van der Waals surface area contributed by atoms with E-state index in [1.165, 1.54) is 0 Å². The van der Waals surface area contributed by atoms with Crippen molar-refractivity contribution in [2.45, 2.75) is 32.9 Å². The molecule has 1 atom stereocenters. The minimum absolute atomic E-state index is 0.0716. The van der Waals surface area contributed by atoms with Crippen LogP contribution in [0.2, 0.25) is 5.02 Å². The van der Waals surface area contributed by atoms with Crippen LogP contribution in [0.15, 0.2) is 23.6 Å². The van der Waals surface area contributed by atoms with E-state index in [0.29, 0.717) is 11.6 Å². The Labute approximate surface area is 122 Å². The summed E-state index contributed by atoms with van der Waals surface area (Å²) in [5.41, 5.74) is 7.83. The molecule has 5 heteroatoms. The van der Waals surface area contributed by atoms with Crippen molar-refractivity contribution in [3.8, 4) is 5.75 Å². The average molecular weight is 297 g/mol. The lowest BCUT2D eigenvalue weighted by Gasteiger charge is -2.13. The molecule has 0 aliphatic rings. The number of rotatable bonds is 5. The highest BCUT2D eigenvalue weighted by Gasteiger charge is 2.08. The largest absolute Gasteiger partial charge is 0.487 e. The normalized spacial score (nSPS) is 12.4. The SMILES string of the molecule is Cc1nc(COc2ccc(Cl)cc2CC(C)N)cs1. The summed E-state index contributed by atoms with van der Waals surface area (Å²) < 4.78 is 5.82. The molecule has 1 aromatic carbocycles. The van der Waals surface area contributed by atoms with E-state index in [4.69, 9.17) is 22.1 Å². The van der Waals surface area contributed by atoms with E-state index in [1.54, 1.807) is 11.3 Å². The number of aryl methyl sites for hydroxylation is 1. The molecule has 1 aromatic heterocycles. The molecule has 0 amide bonds. The van der Waals surface area contributed by atoms with Gasteiger partial charge in [-0.2, -0.15) is 0 Å². The second-order valence-electron chi connectivity index (χ2n) is 4.58. The van der Waals surface area contributed by atoms with Gasteiger partial charge in [0, 0.05) is 16.4 Å². The van der Waals surface area contributed by atoms with Crippen LogP contribution in [0.4, 0.5) is 0 Å². The zero-order valence-electron chi connectivity index (χ0n) is 11.0. The van der Waals surface area contributed by atoms with Gasteiger partial charge in [-0.05, 0) is 44.0 Å². The van der Waals surface area contributed by atoms with Crippen LogP contribution in [0.3, 0.4) is 0 Å². The molecule has 0 fully saturated rings. The monoisotopic (exact) mass is 296 g/mol. The third kappa shape index (κ3) is 4.20. The van der Waals surface area contributed by atoms with Gasteiger partial charge in [0.2, 0.25) is 0 Å². The van der Waals surface area contributed by atoms with Crippen molar-refractivity contribution < 1.29 is 4.74 Å². The van der Waals surface area contributed by atoms with Crippen molar-refractivity contribution in [3.63, 3.8) is 0 Å². The first-order chi connectivity index (χ1) is 9.04. The van der Waals surface area contributed by atoms with E-state index in [-0.39, 0.29) is 6.04 Å². The zero-order chi connectivity index (χ0) is 13.8. The van der Waals surface area contributed by atoms with Crippen LogP contribution in [0, 0.1) is 6.92 Å². The Balaban J connectivity index is 2.10. The number of ether oxygens (including phenoxy) is 1. The summed E-state index contributed by atoms with van der Waals surface area (Å²) in [6.45, 7) is 4.42. The van der Waals surface area contributed by atoms with Gasteiger partial charge in [-0.25, -0.2) is 4.98 Å².